The van der Waals surface area contributed by atoms with Gasteiger partial charge in [0.05, 0.1) is 5.69 Å². The monoisotopic (exact) mass is 279 g/mol. The SMILES string of the molecule is Cc1cc2c(=O)n(CC(CS)C(C)(C)C)ccn2n1. The highest BCUT2D eigenvalue weighted by atomic mass is 32.1. The van der Waals surface area contributed by atoms with Gasteiger partial charge in [0.25, 0.3) is 5.56 Å². The molecule has 1 unspecified atom stereocenters. The summed E-state index contributed by atoms with van der Waals surface area (Å²) >= 11 is 4.42. The summed E-state index contributed by atoms with van der Waals surface area (Å²) in [5.41, 5.74) is 1.63. The minimum Gasteiger partial charge on any atom is -0.312 e. The van der Waals surface area contributed by atoms with Crippen molar-refractivity contribution in [3.05, 3.63) is 34.5 Å². The van der Waals surface area contributed by atoms with Crippen LogP contribution in [0.1, 0.15) is 26.5 Å². The molecule has 0 saturated carbocycles. The van der Waals surface area contributed by atoms with E-state index in [0.717, 1.165) is 11.4 Å². The van der Waals surface area contributed by atoms with E-state index in [-0.39, 0.29) is 11.0 Å². The smallest absolute Gasteiger partial charge is 0.276 e. The molecule has 2 aromatic heterocycles. The van der Waals surface area contributed by atoms with Gasteiger partial charge in [0, 0.05) is 18.9 Å². The maximum atomic E-state index is 12.4. The summed E-state index contributed by atoms with van der Waals surface area (Å²) in [6.45, 7) is 9.12. The van der Waals surface area contributed by atoms with Crippen LogP contribution in [-0.2, 0) is 6.54 Å². The first-order valence-electron chi connectivity index (χ1n) is 6.49. The number of thiol groups is 1. The molecule has 0 aliphatic carbocycles. The third-order valence-electron chi connectivity index (χ3n) is 3.59. The molecule has 0 bridgehead atoms. The fourth-order valence-electron chi connectivity index (χ4n) is 2.14. The highest BCUT2D eigenvalue weighted by Crippen LogP contribution is 2.27. The maximum Gasteiger partial charge on any atom is 0.276 e. The highest BCUT2D eigenvalue weighted by molar-refractivity contribution is 7.80. The lowest BCUT2D eigenvalue weighted by Gasteiger charge is -2.29. The number of aryl methyl sites for hydroxylation is 1. The van der Waals surface area contributed by atoms with Crippen molar-refractivity contribution < 1.29 is 0 Å². The van der Waals surface area contributed by atoms with Gasteiger partial charge in [0.15, 0.2) is 0 Å². The number of fused-ring (bicyclic) bond motifs is 1. The van der Waals surface area contributed by atoms with E-state index in [1.807, 2.05) is 25.4 Å². The molecule has 4 nitrogen and oxygen atoms in total. The molecule has 0 fully saturated rings. The molecule has 0 amide bonds. The number of aromatic nitrogens is 3. The summed E-state index contributed by atoms with van der Waals surface area (Å²) in [5.74, 6) is 1.11. The van der Waals surface area contributed by atoms with Crippen molar-refractivity contribution in [3.63, 3.8) is 0 Å². The summed E-state index contributed by atoms with van der Waals surface area (Å²) in [5, 5.41) is 4.25. The first kappa shape index (κ1) is 14.2. The van der Waals surface area contributed by atoms with Gasteiger partial charge in [-0.3, -0.25) is 4.79 Å². The van der Waals surface area contributed by atoms with Crippen LogP contribution in [0, 0.1) is 18.3 Å². The average molecular weight is 279 g/mol. The highest BCUT2D eigenvalue weighted by Gasteiger charge is 2.24. The van der Waals surface area contributed by atoms with Gasteiger partial charge < -0.3 is 4.57 Å². The van der Waals surface area contributed by atoms with Crippen LogP contribution in [0.3, 0.4) is 0 Å². The molecule has 0 radical (unpaired) electrons. The van der Waals surface area contributed by atoms with Gasteiger partial charge in [-0.25, -0.2) is 4.52 Å². The topological polar surface area (TPSA) is 39.3 Å². The number of hydrogen-bond donors (Lipinski definition) is 1. The van der Waals surface area contributed by atoms with Crippen molar-refractivity contribution in [2.75, 3.05) is 5.75 Å². The Labute approximate surface area is 118 Å². The molecule has 2 aromatic rings. The molecule has 0 aromatic carbocycles. The largest absolute Gasteiger partial charge is 0.312 e. The Kier molecular flexibility index (Phi) is 3.76. The van der Waals surface area contributed by atoms with E-state index in [9.17, 15) is 4.79 Å². The van der Waals surface area contributed by atoms with Gasteiger partial charge in [0.2, 0.25) is 0 Å². The Morgan fingerprint density at radius 1 is 1.37 bits per heavy atom. The zero-order valence-corrected chi connectivity index (χ0v) is 12.8. The fourth-order valence-corrected chi connectivity index (χ4v) is 2.80. The van der Waals surface area contributed by atoms with Gasteiger partial charge in [0.1, 0.15) is 5.52 Å². The van der Waals surface area contributed by atoms with Crippen LogP contribution >= 0.6 is 12.6 Å². The first-order chi connectivity index (χ1) is 8.82. The van der Waals surface area contributed by atoms with Gasteiger partial charge in [-0.15, -0.1) is 0 Å². The molecule has 2 rings (SSSR count). The molecule has 0 spiro atoms. The van der Waals surface area contributed by atoms with Crippen LogP contribution < -0.4 is 5.56 Å². The van der Waals surface area contributed by atoms with Gasteiger partial charge in [-0.2, -0.15) is 17.7 Å². The maximum absolute atomic E-state index is 12.4. The second kappa shape index (κ2) is 5.04. The van der Waals surface area contributed by atoms with E-state index in [1.54, 1.807) is 9.08 Å². The zero-order chi connectivity index (χ0) is 14.2. The Balaban J connectivity index is 2.41. The van der Waals surface area contributed by atoms with Crippen LogP contribution in [0.2, 0.25) is 0 Å². The quantitative estimate of drug-likeness (QED) is 0.876. The van der Waals surface area contributed by atoms with Crippen molar-refractivity contribution in [1.29, 1.82) is 0 Å². The molecule has 0 N–H and O–H groups in total. The molecule has 0 aliphatic heterocycles. The van der Waals surface area contributed by atoms with E-state index >= 15 is 0 Å². The summed E-state index contributed by atoms with van der Waals surface area (Å²) < 4.78 is 3.41. The lowest BCUT2D eigenvalue weighted by atomic mass is 9.82. The van der Waals surface area contributed by atoms with Crippen molar-refractivity contribution >= 4 is 18.1 Å². The molecule has 1 atom stereocenters. The molecular formula is C14H21N3OS. The van der Waals surface area contributed by atoms with E-state index < -0.39 is 0 Å². The summed E-state index contributed by atoms with van der Waals surface area (Å²) in [6.07, 6.45) is 3.64. The zero-order valence-electron chi connectivity index (χ0n) is 11.9. The van der Waals surface area contributed by atoms with Crippen LogP contribution in [0.4, 0.5) is 0 Å². The van der Waals surface area contributed by atoms with Crippen LogP contribution in [0.25, 0.3) is 5.52 Å². The Morgan fingerprint density at radius 2 is 2.05 bits per heavy atom. The average Bonchev–Trinajstić information content (AvgIpc) is 2.68. The first-order valence-corrected chi connectivity index (χ1v) is 7.12. The van der Waals surface area contributed by atoms with E-state index in [2.05, 4.69) is 38.5 Å². The lowest BCUT2D eigenvalue weighted by molar-refractivity contribution is 0.236. The van der Waals surface area contributed by atoms with E-state index in [1.165, 1.54) is 0 Å². The molecule has 2 heterocycles. The normalized spacial score (nSPS) is 13.9. The van der Waals surface area contributed by atoms with Gasteiger partial charge in [-0.05, 0) is 30.1 Å². The Bertz CT molecular complexity index is 636. The van der Waals surface area contributed by atoms with Gasteiger partial charge >= 0.3 is 0 Å². The summed E-state index contributed by atoms with van der Waals surface area (Å²) in [6, 6.07) is 1.83. The minimum absolute atomic E-state index is 0.0131. The molecule has 104 valence electrons. The van der Waals surface area contributed by atoms with Crippen LogP contribution in [-0.4, -0.2) is 19.9 Å². The summed E-state index contributed by atoms with van der Waals surface area (Å²) in [4.78, 5) is 12.4. The molecule has 19 heavy (non-hydrogen) atoms. The minimum atomic E-state index is 0.0131. The van der Waals surface area contributed by atoms with Gasteiger partial charge in [-0.1, -0.05) is 20.8 Å². The molecule has 0 saturated heterocycles. The van der Waals surface area contributed by atoms with Crippen molar-refractivity contribution in [2.45, 2.75) is 34.2 Å². The van der Waals surface area contributed by atoms with E-state index in [0.29, 0.717) is 18.0 Å². The Morgan fingerprint density at radius 3 is 2.63 bits per heavy atom. The molecular weight excluding hydrogens is 258 g/mol. The fraction of sp³-hybridized carbons (Fsp3) is 0.571. The van der Waals surface area contributed by atoms with Crippen molar-refractivity contribution in [3.8, 4) is 0 Å². The number of hydrogen-bond acceptors (Lipinski definition) is 3. The lowest BCUT2D eigenvalue weighted by Crippen LogP contribution is -2.32. The molecule has 0 aliphatic rings. The predicted molar refractivity (Wildman–Crippen MR) is 81.0 cm³/mol. The number of rotatable bonds is 3. The third-order valence-corrected chi connectivity index (χ3v) is 4.03. The standard InChI is InChI=1S/C14H21N3OS/c1-10-7-12-13(18)16(5-6-17(12)15-10)8-11(9-19)14(2,3)4/h5-7,11,19H,8-9H2,1-4H3. The second-order valence-electron chi connectivity index (χ2n) is 6.12. The van der Waals surface area contributed by atoms with E-state index in [4.69, 9.17) is 0 Å². The number of nitrogens with zero attached hydrogens (tertiary/aromatic N) is 3. The van der Waals surface area contributed by atoms with Crippen molar-refractivity contribution in [2.24, 2.45) is 11.3 Å². The van der Waals surface area contributed by atoms with Crippen LogP contribution in [0.15, 0.2) is 23.3 Å². The third kappa shape index (κ3) is 2.86. The molecule has 5 heteroatoms. The predicted octanol–water partition coefficient (Wildman–Crippen LogP) is 2.40. The van der Waals surface area contributed by atoms with Crippen molar-refractivity contribution in [1.82, 2.24) is 14.2 Å². The second-order valence-corrected chi connectivity index (χ2v) is 6.48. The summed E-state index contributed by atoms with van der Waals surface area (Å²) in [7, 11) is 0. The van der Waals surface area contributed by atoms with Crippen LogP contribution in [0.5, 0.6) is 0 Å². The Hall–Kier alpha value is -1.23.